The molecule has 0 saturated carbocycles. The summed E-state index contributed by atoms with van der Waals surface area (Å²) in [4.78, 5) is 15.3. The predicted octanol–water partition coefficient (Wildman–Crippen LogP) is 2.45. The quantitative estimate of drug-likeness (QED) is 0.860. The van der Waals surface area contributed by atoms with Gasteiger partial charge in [0.2, 0.25) is 0 Å². The van der Waals surface area contributed by atoms with E-state index in [1.54, 1.807) is 13.0 Å². The minimum Gasteiger partial charge on any atom is -0.464 e. The highest BCUT2D eigenvalue weighted by Gasteiger charge is 2.18. The van der Waals surface area contributed by atoms with Gasteiger partial charge in [0.05, 0.1) is 17.3 Å². The van der Waals surface area contributed by atoms with Crippen molar-refractivity contribution in [3.05, 3.63) is 40.0 Å². The number of ether oxygens (including phenoxy) is 1. The van der Waals surface area contributed by atoms with E-state index in [9.17, 15) is 9.18 Å². The average molecular weight is 328 g/mol. The molecule has 0 aliphatic rings. The third-order valence-electron chi connectivity index (χ3n) is 2.68. The maximum absolute atomic E-state index is 13.4. The molecule has 0 atom stereocenters. The summed E-state index contributed by atoms with van der Waals surface area (Å²) in [7, 11) is 1.25. The standard InChI is InChI=1S/C12H11BrFN3O2/c1-6-3-8(14)7(13)4-9(6)17-5-16-10(11(17)15)12(18)19-2/h3-5H,15H2,1-2H3. The maximum Gasteiger partial charge on any atom is 0.360 e. The Morgan fingerprint density at radius 1 is 1.53 bits per heavy atom. The molecule has 2 rings (SSSR count). The molecule has 100 valence electrons. The van der Waals surface area contributed by atoms with Crippen LogP contribution < -0.4 is 5.73 Å². The number of carbonyl (C=O) groups excluding carboxylic acids is 1. The Hall–Kier alpha value is -1.89. The molecule has 0 bridgehead atoms. The molecule has 19 heavy (non-hydrogen) atoms. The van der Waals surface area contributed by atoms with Crippen molar-refractivity contribution in [3.8, 4) is 5.69 Å². The summed E-state index contributed by atoms with van der Waals surface area (Å²) in [5, 5.41) is 0. The van der Waals surface area contributed by atoms with Crippen molar-refractivity contribution < 1.29 is 13.9 Å². The molecule has 1 heterocycles. The Morgan fingerprint density at radius 2 is 2.21 bits per heavy atom. The summed E-state index contributed by atoms with van der Waals surface area (Å²) < 4.78 is 19.8. The SMILES string of the molecule is COC(=O)c1ncn(-c2cc(Br)c(F)cc2C)c1N. The second-order valence-electron chi connectivity index (χ2n) is 3.89. The summed E-state index contributed by atoms with van der Waals surface area (Å²) >= 11 is 3.11. The first-order chi connectivity index (χ1) is 8.95. The number of hydrogen-bond donors (Lipinski definition) is 1. The number of benzene rings is 1. The lowest BCUT2D eigenvalue weighted by atomic mass is 10.2. The van der Waals surface area contributed by atoms with Gasteiger partial charge in [0.25, 0.3) is 0 Å². The first kappa shape index (κ1) is 13.5. The minimum absolute atomic E-state index is 0.0300. The van der Waals surface area contributed by atoms with Gasteiger partial charge in [-0.15, -0.1) is 0 Å². The lowest BCUT2D eigenvalue weighted by Gasteiger charge is -2.10. The minimum atomic E-state index is -0.616. The molecule has 0 radical (unpaired) electrons. The van der Waals surface area contributed by atoms with Crippen LogP contribution in [0.4, 0.5) is 10.2 Å². The van der Waals surface area contributed by atoms with Gasteiger partial charge in [0, 0.05) is 0 Å². The summed E-state index contributed by atoms with van der Waals surface area (Å²) in [6.07, 6.45) is 1.40. The molecule has 0 unspecified atom stereocenters. The highest BCUT2D eigenvalue weighted by molar-refractivity contribution is 9.10. The van der Waals surface area contributed by atoms with E-state index in [-0.39, 0.29) is 17.3 Å². The van der Waals surface area contributed by atoms with Gasteiger partial charge >= 0.3 is 5.97 Å². The van der Waals surface area contributed by atoms with Crippen molar-refractivity contribution >= 4 is 27.7 Å². The number of nitrogens with two attached hydrogens (primary N) is 1. The van der Waals surface area contributed by atoms with E-state index in [1.165, 1.54) is 24.1 Å². The van der Waals surface area contributed by atoms with Crippen LogP contribution in [-0.2, 0) is 4.74 Å². The number of esters is 1. The zero-order valence-electron chi connectivity index (χ0n) is 10.3. The number of halogens is 2. The Labute approximate surface area is 117 Å². The van der Waals surface area contributed by atoms with E-state index in [4.69, 9.17) is 5.73 Å². The number of hydrogen-bond acceptors (Lipinski definition) is 4. The van der Waals surface area contributed by atoms with Crippen molar-refractivity contribution in [2.24, 2.45) is 0 Å². The molecule has 0 saturated heterocycles. The average Bonchev–Trinajstić information content (AvgIpc) is 2.75. The second kappa shape index (κ2) is 5.00. The van der Waals surface area contributed by atoms with Gasteiger partial charge in [-0.05, 0) is 40.5 Å². The van der Waals surface area contributed by atoms with Gasteiger partial charge in [-0.2, -0.15) is 0 Å². The highest BCUT2D eigenvalue weighted by atomic mass is 79.9. The van der Waals surface area contributed by atoms with E-state index in [2.05, 4.69) is 25.7 Å². The molecule has 1 aromatic heterocycles. The number of imidazole rings is 1. The van der Waals surface area contributed by atoms with Gasteiger partial charge in [0.1, 0.15) is 18.0 Å². The molecule has 1 aromatic carbocycles. The number of nitrogens with zero attached hydrogens (tertiary/aromatic N) is 2. The number of methoxy groups -OCH3 is 1. The summed E-state index contributed by atoms with van der Waals surface area (Å²) in [6.45, 7) is 1.74. The van der Waals surface area contributed by atoms with E-state index >= 15 is 0 Å². The van der Waals surface area contributed by atoms with Crippen LogP contribution in [-0.4, -0.2) is 22.6 Å². The topological polar surface area (TPSA) is 70.1 Å². The van der Waals surface area contributed by atoms with Crippen molar-refractivity contribution in [1.82, 2.24) is 9.55 Å². The molecule has 0 amide bonds. The molecule has 0 aliphatic carbocycles. The van der Waals surface area contributed by atoms with E-state index in [0.717, 1.165) is 0 Å². The van der Waals surface area contributed by atoms with Crippen LogP contribution in [0, 0.1) is 12.7 Å². The Kier molecular flexibility index (Phi) is 3.57. The zero-order chi connectivity index (χ0) is 14.2. The van der Waals surface area contributed by atoms with Crippen LogP contribution in [0.25, 0.3) is 5.69 Å². The molecule has 0 spiro atoms. The van der Waals surface area contributed by atoms with Crippen LogP contribution in [0.5, 0.6) is 0 Å². The van der Waals surface area contributed by atoms with Crippen molar-refractivity contribution in [2.45, 2.75) is 6.92 Å². The molecule has 2 aromatic rings. The Morgan fingerprint density at radius 3 is 2.84 bits per heavy atom. The van der Waals surface area contributed by atoms with Crippen molar-refractivity contribution in [2.75, 3.05) is 12.8 Å². The molecular weight excluding hydrogens is 317 g/mol. The third-order valence-corrected chi connectivity index (χ3v) is 3.29. The molecule has 7 heteroatoms. The van der Waals surface area contributed by atoms with Crippen LogP contribution in [0.3, 0.4) is 0 Å². The monoisotopic (exact) mass is 327 g/mol. The molecular formula is C12H11BrFN3O2. The fourth-order valence-electron chi connectivity index (χ4n) is 1.70. The highest BCUT2D eigenvalue weighted by Crippen LogP contribution is 2.26. The van der Waals surface area contributed by atoms with Crippen molar-refractivity contribution in [3.63, 3.8) is 0 Å². The van der Waals surface area contributed by atoms with Crippen LogP contribution >= 0.6 is 15.9 Å². The summed E-state index contributed by atoms with van der Waals surface area (Å²) in [5.41, 5.74) is 7.19. The first-order valence-electron chi connectivity index (χ1n) is 5.33. The number of anilines is 1. The van der Waals surface area contributed by atoms with Gasteiger partial charge in [-0.3, -0.25) is 4.57 Å². The van der Waals surface area contributed by atoms with E-state index in [1.807, 2.05) is 0 Å². The summed E-state index contributed by atoms with van der Waals surface area (Å²) in [6, 6.07) is 2.94. The molecule has 2 N–H and O–H groups in total. The number of carbonyl (C=O) groups is 1. The fraction of sp³-hybridized carbons (Fsp3) is 0.167. The maximum atomic E-state index is 13.4. The van der Waals surface area contributed by atoms with Gasteiger partial charge in [-0.1, -0.05) is 0 Å². The van der Waals surface area contributed by atoms with Crippen molar-refractivity contribution in [1.29, 1.82) is 0 Å². The molecule has 0 fully saturated rings. The Balaban J connectivity index is 2.57. The number of aryl methyl sites for hydroxylation is 1. The third kappa shape index (κ3) is 2.33. The lowest BCUT2D eigenvalue weighted by Crippen LogP contribution is -2.08. The van der Waals surface area contributed by atoms with Gasteiger partial charge in [0.15, 0.2) is 5.69 Å². The fourth-order valence-corrected chi connectivity index (χ4v) is 2.03. The largest absolute Gasteiger partial charge is 0.464 e. The molecule has 0 aliphatic heterocycles. The lowest BCUT2D eigenvalue weighted by molar-refractivity contribution is 0.0596. The van der Waals surface area contributed by atoms with E-state index < -0.39 is 5.97 Å². The number of aromatic nitrogens is 2. The van der Waals surface area contributed by atoms with Crippen LogP contribution in [0.1, 0.15) is 16.1 Å². The van der Waals surface area contributed by atoms with Crippen LogP contribution in [0.15, 0.2) is 22.9 Å². The predicted molar refractivity (Wildman–Crippen MR) is 71.7 cm³/mol. The van der Waals surface area contributed by atoms with E-state index in [0.29, 0.717) is 15.7 Å². The zero-order valence-corrected chi connectivity index (χ0v) is 11.9. The van der Waals surface area contributed by atoms with Gasteiger partial charge in [-0.25, -0.2) is 14.2 Å². The smallest absolute Gasteiger partial charge is 0.360 e. The normalized spacial score (nSPS) is 10.5. The number of nitrogen functional groups attached to an aromatic ring is 1. The number of rotatable bonds is 2. The van der Waals surface area contributed by atoms with Crippen LogP contribution in [0.2, 0.25) is 0 Å². The Bertz CT molecular complexity index is 655. The second-order valence-corrected chi connectivity index (χ2v) is 4.75. The summed E-state index contributed by atoms with van der Waals surface area (Å²) in [5.74, 6) is -0.836. The molecule has 5 nitrogen and oxygen atoms in total. The first-order valence-corrected chi connectivity index (χ1v) is 6.12. The van der Waals surface area contributed by atoms with Gasteiger partial charge < -0.3 is 10.5 Å².